The van der Waals surface area contributed by atoms with E-state index >= 15 is 0 Å². The second-order valence-electron chi connectivity index (χ2n) is 6.57. The van der Waals surface area contributed by atoms with Crippen LogP contribution in [0.15, 0.2) is 0 Å². The molecule has 0 atom stereocenters. The van der Waals surface area contributed by atoms with Crippen molar-refractivity contribution in [2.75, 3.05) is 13.1 Å². The van der Waals surface area contributed by atoms with E-state index in [2.05, 4.69) is 19.2 Å². The average Bonchev–Trinajstić information content (AvgIpc) is 2.12. The summed E-state index contributed by atoms with van der Waals surface area (Å²) < 4.78 is 0. The highest BCUT2D eigenvalue weighted by atomic mass is 16.4. The van der Waals surface area contributed by atoms with E-state index < -0.39 is 11.5 Å². The van der Waals surface area contributed by atoms with Gasteiger partial charge in [0.15, 0.2) is 0 Å². The Morgan fingerprint density at radius 3 is 2.50 bits per heavy atom. The summed E-state index contributed by atoms with van der Waals surface area (Å²) in [6, 6.07) is -0.158. The van der Waals surface area contributed by atoms with Crippen LogP contribution in [0.2, 0.25) is 0 Å². The molecule has 0 bridgehead atoms. The third-order valence-corrected chi connectivity index (χ3v) is 3.23. The lowest BCUT2D eigenvalue weighted by atomic mass is 9.84. The van der Waals surface area contributed by atoms with Crippen molar-refractivity contribution in [2.24, 2.45) is 5.41 Å². The van der Waals surface area contributed by atoms with Gasteiger partial charge in [0.2, 0.25) is 0 Å². The van der Waals surface area contributed by atoms with Gasteiger partial charge in [-0.3, -0.25) is 4.79 Å². The van der Waals surface area contributed by atoms with Crippen molar-refractivity contribution >= 4 is 12.0 Å². The van der Waals surface area contributed by atoms with Crippen LogP contribution < -0.4 is 5.32 Å². The molecule has 0 aromatic carbocycles. The van der Waals surface area contributed by atoms with Gasteiger partial charge in [-0.05, 0) is 32.1 Å². The van der Waals surface area contributed by atoms with Gasteiger partial charge in [0.05, 0.1) is 6.42 Å². The van der Waals surface area contributed by atoms with Crippen molar-refractivity contribution < 1.29 is 14.7 Å². The number of nitrogens with one attached hydrogen (secondary N) is 1. The Morgan fingerprint density at radius 1 is 1.39 bits per heavy atom. The number of carboxylic acids is 1. The quantitative estimate of drug-likeness (QED) is 0.812. The maximum absolute atomic E-state index is 12.1. The van der Waals surface area contributed by atoms with Crippen molar-refractivity contribution in [3.63, 3.8) is 0 Å². The first-order valence-corrected chi connectivity index (χ1v) is 6.40. The van der Waals surface area contributed by atoms with Gasteiger partial charge in [0, 0.05) is 18.6 Å². The first kappa shape index (κ1) is 14.8. The van der Waals surface area contributed by atoms with E-state index in [1.54, 1.807) is 18.7 Å². The molecule has 0 aliphatic carbocycles. The van der Waals surface area contributed by atoms with Crippen LogP contribution in [0.25, 0.3) is 0 Å². The second-order valence-corrected chi connectivity index (χ2v) is 6.57. The lowest BCUT2D eigenvalue weighted by Crippen LogP contribution is -2.54. The van der Waals surface area contributed by atoms with Crippen LogP contribution in [0.3, 0.4) is 0 Å². The third-order valence-electron chi connectivity index (χ3n) is 3.23. The van der Waals surface area contributed by atoms with Gasteiger partial charge in [-0.2, -0.15) is 0 Å². The molecule has 1 heterocycles. The summed E-state index contributed by atoms with van der Waals surface area (Å²) in [5, 5.41) is 11.6. The molecule has 0 spiro atoms. The average molecular weight is 256 g/mol. The molecule has 1 fully saturated rings. The van der Waals surface area contributed by atoms with Crippen LogP contribution in [0.1, 0.15) is 47.0 Å². The Bertz CT molecular complexity index is 337. The zero-order chi connectivity index (χ0) is 14.0. The molecule has 2 amide bonds. The van der Waals surface area contributed by atoms with Crippen molar-refractivity contribution in [3.05, 3.63) is 0 Å². The minimum absolute atomic E-state index is 0.0734. The Kier molecular flexibility index (Phi) is 4.24. The standard InChI is InChI=1S/C13H24N2O3/c1-12(2)6-5-7-15(9-12)11(18)14-13(3,4)8-10(16)17/h5-9H2,1-4H3,(H,14,18)(H,16,17). The zero-order valence-corrected chi connectivity index (χ0v) is 11.7. The summed E-state index contributed by atoms with van der Waals surface area (Å²) in [4.78, 5) is 24.6. The van der Waals surface area contributed by atoms with Crippen LogP contribution >= 0.6 is 0 Å². The monoisotopic (exact) mass is 256 g/mol. The third kappa shape index (κ3) is 4.55. The summed E-state index contributed by atoms with van der Waals surface area (Å²) in [7, 11) is 0. The molecule has 2 N–H and O–H groups in total. The van der Waals surface area contributed by atoms with Crippen LogP contribution in [-0.2, 0) is 4.79 Å². The number of amides is 2. The SMILES string of the molecule is CC1(C)CCCN(C(=O)NC(C)(C)CC(=O)O)C1. The number of piperidine rings is 1. The Morgan fingerprint density at radius 2 is 2.00 bits per heavy atom. The van der Waals surface area contributed by atoms with Crippen LogP contribution in [0.4, 0.5) is 4.79 Å². The van der Waals surface area contributed by atoms with Gasteiger partial charge in [-0.15, -0.1) is 0 Å². The number of carbonyl (C=O) groups is 2. The molecule has 0 radical (unpaired) electrons. The molecular weight excluding hydrogens is 232 g/mol. The highest BCUT2D eigenvalue weighted by Crippen LogP contribution is 2.28. The second kappa shape index (κ2) is 5.16. The van der Waals surface area contributed by atoms with Gasteiger partial charge >= 0.3 is 12.0 Å². The van der Waals surface area contributed by atoms with Crippen LogP contribution in [0, 0.1) is 5.41 Å². The number of rotatable bonds is 3. The van der Waals surface area contributed by atoms with E-state index in [0.717, 1.165) is 25.9 Å². The van der Waals surface area contributed by atoms with E-state index in [0.29, 0.717) is 0 Å². The maximum Gasteiger partial charge on any atom is 0.317 e. The predicted molar refractivity (Wildman–Crippen MR) is 69.5 cm³/mol. The topological polar surface area (TPSA) is 69.6 Å². The maximum atomic E-state index is 12.1. The van der Waals surface area contributed by atoms with Crippen molar-refractivity contribution in [2.45, 2.75) is 52.5 Å². The number of hydrogen-bond acceptors (Lipinski definition) is 2. The largest absolute Gasteiger partial charge is 0.481 e. The fraction of sp³-hybridized carbons (Fsp3) is 0.846. The van der Waals surface area contributed by atoms with Crippen molar-refractivity contribution in [1.29, 1.82) is 0 Å². The summed E-state index contributed by atoms with van der Waals surface area (Å²) in [6.45, 7) is 9.23. The molecule has 0 aromatic heterocycles. The fourth-order valence-electron chi connectivity index (χ4n) is 2.39. The molecule has 104 valence electrons. The summed E-state index contributed by atoms with van der Waals surface area (Å²) in [5.74, 6) is -0.903. The Balaban J connectivity index is 2.57. The summed E-state index contributed by atoms with van der Waals surface area (Å²) in [6.07, 6.45) is 2.05. The Hall–Kier alpha value is -1.26. The Labute approximate surface area is 109 Å². The van der Waals surface area contributed by atoms with Gasteiger partial charge < -0.3 is 15.3 Å². The minimum atomic E-state index is -0.903. The molecule has 18 heavy (non-hydrogen) atoms. The number of carbonyl (C=O) groups excluding carboxylic acids is 1. The number of nitrogens with zero attached hydrogens (tertiary/aromatic N) is 1. The predicted octanol–water partition coefficient (Wildman–Crippen LogP) is 2.07. The highest BCUT2D eigenvalue weighted by Gasteiger charge is 2.32. The summed E-state index contributed by atoms with van der Waals surface area (Å²) >= 11 is 0. The first-order chi connectivity index (χ1) is 8.11. The number of urea groups is 1. The fourth-order valence-corrected chi connectivity index (χ4v) is 2.39. The molecule has 0 aromatic rings. The number of hydrogen-bond donors (Lipinski definition) is 2. The smallest absolute Gasteiger partial charge is 0.317 e. The van der Waals surface area contributed by atoms with Crippen LogP contribution in [0.5, 0.6) is 0 Å². The van der Waals surface area contributed by atoms with Gasteiger partial charge in [0.1, 0.15) is 0 Å². The number of likely N-dealkylation sites (tertiary alicyclic amines) is 1. The summed E-state index contributed by atoms with van der Waals surface area (Å²) in [5.41, 5.74) is -0.572. The minimum Gasteiger partial charge on any atom is -0.481 e. The van der Waals surface area contributed by atoms with Crippen LogP contribution in [-0.4, -0.2) is 40.6 Å². The van der Waals surface area contributed by atoms with Gasteiger partial charge in [-0.25, -0.2) is 4.79 Å². The molecule has 0 saturated carbocycles. The molecule has 1 aliphatic rings. The van der Waals surface area contributed by atoms with Gasteiger partial charge in [-0.1, -0.05) is 13.8 Å². The van der Waals surface area contributed by atoms with Gasteiger partial charge in [0.25, 0.3) is 0 Å². The molecule has 5 heteroatoms. The highest BCUT2D eigenvalue weighted by molar-refractivity contribution is 5.76. The lowest BCUT2D eigenvalue weighted by molar-refractivity contribution is -0.138. The van der Waals surface area contributed by atoms with E-state index in [1.807, 2.05) is 0 Å². The molecule has 5 nitrogen and oxygen atoms in total. The van der Waals surface area contributed by atoms with E-state index in [9.17, 15) is 9.59 Å². The molecule has 0 unspecified atom stereocenters. The molecule has 1 saturated heterocycles. The zero-order valence-electron chi connectivity index (χ0n) is 11.7. The number of aliphatic carboxylic acids is 1. The molecule has 1 aliphatic heterocycles. The van der Waals surface area contributed by atoms with Crippen molar-refractivity contribution in [1.82, 2.24) is 10.2 Å². The van der Waals surface area contributed by atoms with Crippen molar-refractivity contribution in [3.8, 4) is 0 Å². The molecular formula is C13H24N2O3. The molecule has 1 rings (SSSR count). The lowest BCUT2D eigenvalue weighted by Gasteiger charge is -2.39. The van der Waals surface area contributed by atoms with E-state index in [1.165, 1.54) is 0 Å². The van der Waals surface area contributed by atoms with E-state index in [-0.39, 0.29) is 17.9 Å². The normalized spacial score (nSPS) is 19.4. The number of carboxylic acid groups (broad SMARTS) is 1. The van der Waals surface area contributed by atoms with E-state index in [4.69, 9.17) is 5.11 Å². The first-order valence-electron chi connectivity index (χ1n) is 6.40.